The molecule has 39 heavy (non-hydrogen) atoms. The molecule has 1 saturated heterocycles. The number of amides is 1. The second-order valence-electron chi connectivity index (χ2n) is 10.3. The lowest BCUT2D eigenvalue weighted by Gasteiger charge is -2.33. The van der Waals surface area contributed by atoms with Crippen LogP contribution in [0, 0.1) is 11.7 Å². The molecule has 2 aliphatic rings. The molecule has 2 fully saturated rings. The first kappa shape index (κ1) is 27.0. The molecule has 11 heteroatoms. The van der Waals surface area contributed by atoms with Gasteiger partial charge < -0.3 is 24.9 Å². The van der Waals surface area contributed by atoms with Crippen molar-refractivity contribution < 1.29 is 37.3 Å². The Balaban J connectivity index is 1.45. The molecule has 1 aromatic heterocycles. The number of imidazole rings is 1. The number of halogens is 3. The van der Waals surface area contributed by atoms with Crippen LogP contribution in [0.5, 0.6) is 0 Å². The summed E-state index contributed by atoms with van der Waals surface area (Å²) in [7, 11) is 0. The summed E-state index contributed by atoms with van der Waals surface area (Å²) < 4.78 is 54.4. The number of alkyl halides is 2. The molecular formula is C28H30F3N3O5. The van der Waals surface area contributed by atoms with Gasteiger partial charge in [-0.05, 0) is 43.2 Å². The van der Waals surface area contributed by atoms with Crippen molar-refractivity contribution in [2.45, 2.75) is 62.5 Å². The number of hydrogen-bond donors (Lipinski definition) is 3. The molecule has 0 bridgehead atoms. The van der Waals surface area contributed by atoms with E-state index in [0.717, 1.165) is 5.56 Å². The van der Waals surface area contributed by atoms with E-state index in [1.165, 1.54) is 6.07 Å². The van der Waals surface area contributed by atoms with Gasteiger partial charge in [-0.15, -0.1) is 0 Å². The minimum Gasteiger partial charge on any atom is -0.481 e. The Bertz CT molecular complexity index is 1330. The van der Waals surface area contributed by atoms with Crippen LogP contribution in [-0.4, -0.2) is 46.3 Å². The Labute approximate surface area is 222 Å². The number of carbonyl (C=O) groups excluding carboxylic acids is 1. The lowest BCUT2D eigenvalue weighted by Crippen LogP contribution is -2.42. The molecule has 1 aliphatic heterocycles. The second kappa shape index (κ2) is 10.9. The summed E-state index contributed by atoms with van der Waals surface area (Å²) in [5.74, 6) is -4.87. The summed E-state index contributed by atoms with van der Waals surface area (Å²) in [5, 5.41) is 12.8. The smallest absolute Gasteiger partial charge is 0.408 e. The van der Waals surface area contributed by atoms with Gasteiger partial charge in [-0.3, -0.25) is 4.79 Å². The second-order valence-corrected chi connectivity index (χ2v) is 10.3. The Morgan fingerprint density at radius 3 is 2.46 bits per heavy atom. The van der Waals surface area contributed by atoms with E-state index in [0.29, 0.717) is 5.52 Å². The Morgan fingerprint density at radius 2 is 1.79 bits per heavy atom. The fourth-order valence-electron chi connectivity index (χ4n) is 5.59. The number of carboxylic acids is 1. The van der Waals surface area contributed by atoms with Crippen molar-refractivity contribution in [3.63, 3.8) is 0 Å². The number of aromatic nitrogens is 2. The Morgan fingerprint density at radius 1 is 1.10 bits per heavy atom. The van der Waals surface area contributed by atoms with Crippen LogP contribution < -0.4 is 5.32 Å². The van der Waals surface area contributed by atoms with Crippen molar-refractivity contribution in [2.75, 3.05) is 13.2 Å². The van der Waals surface area contributed by atoms with Crippen LogP contribution in [0.15, 0.2) is 42.5 Å². The Hall–Kier alpha value is -3.60. The van der Waals surface area contributed by atoms with Gasteiger partial charge in [-0.25, -0.2) is 22.9 Å². The minimum absolute atomic E-state index is 0.0151. The SMILES string of the molecule is O=C(N[C@H](c1nc2c(F)c(C3(C(=O)O)CCOCC3)ccc2[nH]1)C1CCC(F)(F)CC1)OCc1ccccc1. The number of alkyl carbamates (subject to hydrolysis) is 1. The average Bonchev–Trinajstić information content (AvgIpc) is 3.37. The van der Waals surface area contributed by atoms with Crippen LogP contribution >= 0.6 is 0 Å². The average molecular weight is 546 g/mol. The first-order valence-corrected chi connectivity index (χ1v) is 13.0. The number of aliphatic carboxylic acids is 1. The van der Waals surface area contributed by atoms with Gasteiger partial charge in [0.05, 0.1) is 17.0 Å². The molecule has 0 unspecified atom stereocenters. The van der Waals surface area contributed by atoms with Crippen LogP contribution in [-0.2, 0) is 26.3 Å². The zero-order valence-corrected chi connectivity index (χ0v) is 21.2. The van der Waals surface area contributed by atoms with E-state index in [4.69, 9.17) is 9.47 Å². The number of carboxylic acid groups (broad SMARTS) is 1. The van der Waals surface area contributed by atoms with Crippen molar-refractivity contribution in [3.8, 4) is 0 Å². The molecular weight excluding hydrogens is 515 g/mol. The number of nitrogens with one attached hydrogen (secondary N) is 2. The van der Waals surface area contributed by atoms with Crippen LogP contribution in [0.4, 0.5) is 18.0 Å². The zero-order valence-electron chi connectivity index (χ0n) is 21.2. The van der Waals surface area contributed by atoms with Crippen molar-refractivity contribution in [2.24, 2.45) is 5.92 Å². The first-order valence-electron chi connectivity index (χ1n) is 13.0. The van der Waals surface area contributed by atoms with Gasteiger partial charge in [0.15, 0.2) is 5.82 Å². The summed E-state index contributed by atoms with van der Waals surface area (Å²) in [4.78, 5) is 32.5. The number of benzene rings is 2. The van der Waals surface area contributed by atoms with E-state index in [9.17, 15) is 23.5 Å². The third kappa shape index (κ3) is 5.59. The largest absolute Gasteiger partial charge is 0.481 e. The maximum Gasteiger partial charge on any atom is 0.408 e. The van der Waals surface area contributed by atoms with Crippen molar-refractivity contribution in [1.29, 1.82) is 0 Å². The number of aromatic amines is 1. The van der Waals surface area contributed by atoms with Crippen molar-refractivity contribution >= 4 is 23.1 Å². The van der Waals surface area contributed by atoms with E-state index < -0.39 is 41.2 Å². The summed E-state index contributed by atoms with van der Waals surface area (Å²) in [6.45, 7) is 0.402. The van der Waals surface area contributed by atoms with E-state index in [-0.39, 0.29) is 75.3 Å². The lowest BCUT2D eigenvalue weighted by atomic mass is 9.74. The highest BCUT2D eigenvalue weighted by Crippen LogP contribution is 2.42. The van der Waals surface area contributed by atoms with E-state index in [1.807, 2.05) is 18.2 Å². The summed E-state index contributed by atoms with van der Waals surface area (Å²) >= 11 is 0. The standard InChI is InChI=1S/C28H30F3N3O5/c29-21-19(27(25(35)36)12-14-38-15-13-27)6-7-20-23(21)33-24(32-20)22(18-8-10-28(30,31)11-9-18)34-26(37)39-16-17-4-2-1-3-5-17/h1-7,18,22H,8-16H2,(H,32,33)(H,34,37)(H,35,36)/t22-/m0/s1. The fourth-order valence-corrected chi connectivity index (χ4v) is 5.59. The number of ether oxygens (including phenoxy) is 2. The maximum atomic E-state index is 15.9. The quantitative estimate of drug-likeness (QED) is 0.355. The lowest BCUT2D eigenvalue weighted by molar-refractivity contribution is -0.148. The fraction of sp³-hybridized carbons (Fsp3) is 0.464. The van der Waals surface area contributed by atoms with E-state index in [2.05, 4.69) is 15.3 Å². The molecule has 1 aliphatic carbocycles. The highest BCUT2D eigenvalue weighted by atomic mass is 19.3. The van der Waals surface area contributed by atoms with Gasteiger partial charge in [0.25, 0.3) is 0 Å². The number of hydrogen-bond acceptors (Lipinski definition) is 5. The van der Waals surface area contributed by atoms with Crippen LogP contribution in [0.25, 0.3) is 11.0 Å². The maximum absolute atomic E-state index is 15.9. The summed E-state index contributed by atoms with van der Waals surface area (Å²) in [5.41, 5.74) is -0.401. The van der Waals surface area contributed by atoms with E-state index in [1.54, 1.807) is 18.2 Å². The van der Waals surface area contributed by atoms with Gasteiger partial charge in [0, 0.05) is 31.6 Å². The highest BCUT2D eigenvalue weighted by Gasteiger charge is 2.45. The summed E-state index contributed by atoms with van der Waals surface area (Å²) in [6.07, 6.45) is -0.929. The third-order valence-corrected chi connectivity index (χ3v) is 7.90. The Kier molecular flexibility index (Phi) is 7.53. The number of fused-ring (bicyclic) bond motifs is 1. The number of nitrogens with zero attached hydrogens (tertiary/aromatic N) is 1. The molecule has 2 aromatic carbocycles. The molecule has 1 amide bonds. The van der Waals surface area contributed by atoms with Gasteiger partial charge in [0.1, 0.15) is 17.9 Å². The minimum atomic E-state index is -2.78. The van der Waals surface area contributed by atoms with Gasteiger partial charge >= 0.3 is 12.1 Å². The van der Waals surface area contributed by atoms with Gasteiger partial charge in [0.2, 0.25) is 5.92 Å². The number of H-pyrrole nitrogens is 1. The highest BCUT2D eigenvalue weighted by molar-refractivity contribution is 5.85. The molecule has 1 saturated carbocycles. The molecule has 3 aromatic rings. The molecule has 0 spiro atoms. The van der Waals surface area contributed by atoms with Crippen LogP contribution in [0.2, 0.25) is 0 Å². The van der Waals surface area contributed by atoms with Gasteiger partial charge in [-0.1, -0.05) is 36.4 Å². The van der Waals surface area contributed by atoms with Crippen LogP contribution in [0.3, 0.4) is 0 Å². The molecule has 3 N–H and O–H groups in total. The monoisotopic (exact) mass is 545 g/mol. The van der Waals surface area contributed by atoms with Crippen LogP contribution in [0.1, 0.15) is 61.5 Å². The van der Waals surface area contributed by atoms with Gasteiger partial charge in [-0.2, -0.15) is 0 Å². The molecule has 1 atom stereocenters. The normalized spacial score (nSPS) is 19.9. The van der Waals surface area contributed by atoms with Crippen molar-refractivity contribution in [3.05, 3.63) is 65.2 Å². The molecule has 2 heterocycles. The van der Waals surface area contributed by atoms with E-state index >= 15 is 4.39 Å². The topological polar surface area (TPSA) is 114 Å². The predicted molar refractivity (Wildman–Crippen MR) is 135 cm³/mol. The molecule has 208 valence electrons. The predicted octanol–water partition coefficient (Wildman–Crippen LogP) is 5.63. The molecule has 5 rings (SSSR count). The number of carbonyl (C=O) groups is 2. The number of rotatable bonds is 7. The first-order chi connectivity index (χ1) is 18.7. The third-order valence-electron chi connectivity index (χ3n) is 7.90. The summed E-state index contributed by atoms with van der Waals surface area (Å²) in [6, 6.07) is 11.2. The zero-order chi connectivity index (χ0) is 27.6. The van der Waals surface area contributed by atoms with Crippen molar-refractivity contribution in [1.82, 2.24) is 15.3 Å². The molecule has 0 radical (unpaired) electrons. The molecule has 8 nitrogen and oxygen atoms in total.